The van der Waals surface area contributed by atoms with Crippen LogP contribution in [0.25, 0.3) is 0 Å². The van der Waals surface area contributed by atoms with Gasteiger partial charge in [-0.05, 0) is 24.3 Å². The number of hydrogen-bond donors (Lipinski definition) is 2. The molecule has 6 nitrogen and oxygen atoms in total. The van der Waals surface area contributed by atoms with Crippen molar-refractivity contribution in [2.45, 2.75) is 13.0 Å². The summed E-state index contributed by atoms with van der Waals surface area (Å²) >= 11 is 5.74. The third-order valence-electron chi connectivity index (χ3n) is 2.60. The molecule has 0 atom stereocenters. The lowest BCUT2D eigenvalue weighted by atomic mass is 10.3. The first-order valence-corrected chi connectivity index (χ1v) is 6.27. The van der Waals surface area contributed by atoms with Crippen LogP contribution in [0, 0.1) is 0 Å². The van der Waals surface area contributed by atoms with Gasteiger partial charge >= 0.3 is 5.69 Å². The summed E-state index contributed by atoms with van der Waals surface area (Å²) in [5.74, 6) is -0.231. The lowest BCUT2D eigenvalue weighted by Crippen LogP contribution is -2.29. The number of aromatic nitrogens is 2. The predicted octanol–water partition coefficient (Wildman–Crippen LogP) is 1.22. The number of benzene rings is 1. The van der Waals surface area contributed by atoms with E-state index >= 15 is 0 Å². The maximum absolute atomic E-state index is 11.7. The second kappa shape index (κ2) is 6.21. The molecule has 0 unspecified atom stereocenters. The molecule has 2 aromatic rings. The minimum Gasteiger partial charge on any atom is -0.326 e. The number of hydrogen-bond acceptors (Lipinski definition) is 3. The second-order valence-electron chi connectivity index (χ2n) is 4.11. The van der Waals surface area contributed by atoms with Gasteiger partial charge in [0.05, 0.1) is 0 Å². The maximum atomic E-state index is 11.7. The number of aromatic amines is 1. The average Bonchev–Trinajstić information content (AvgIpc) is 2.40. The lowest BCUT2D eigenvalue weighted by Gasteiger charge is -2.06. The van der Waals surface area contributed by atoms with Gasteiger partial charge in [0, 0.05) is 35.9 Å². The molecule has 1 amide bonds. The van der Waals surface area contributed by atoms with Crippen LogP contribution in [-0.2, 0) is 11.3 Å². The molecular formula is C13H12ClN3O3. The topological polar surface area (TPSA) is 84.0 Å². The largest absolute Gasteiger partial charge is 0.328 e. The molecule has 2 rings (SSSR count). The number of halogens is 1. The molecule has 1 aromatic heterocycles. The van der Waals surface area contributed by atoms with Crippen molar-refractivity contribution in [1.82, 2.24) is 9.55 Å². The highest BCUT2D eigenvalue weighted by Crippen LogP contribution is 2.13. The van der Waals surface area contributed by atoms with Gasteiger partial charge in [0.2, 0.25) is 5.91 Å². The summed E-state index contributed by atoms with van der Waals surface area (Å²) in [6.07, 6.45) is 1.48. The highest BCUT2D eigenvalue weighted by molar-refractivity contribution is 6.30. The van der Waals surface area contributed by atoms with Crippen molar-refractivity contribution >= 4 is 23.2 Å². The molecule has 0 spiro atoms. The summed E-state index contributed by atoms with van der Waals surface area (Å²) in [5, 5.41) is 3.27. The quantitative estimate of drug-likeness (QED) is 0.889. The molecule has 0 fully saturated rings. The van der Waals surface area contributed by atoms with Crippen molar-refractivity contribution in [1.29, 1.82) is 0 Å². The molecule has 7 heteroatoms. The summed E-state index contributed by atoms with van der Waals surface area (Å²) < 4.78 is 1.27. The number of nitrogens with zero attached hydrogens (tertiary/aromatic N) is 1. The molecule has 104 valence electrons. The Hall–Kier alpha value is -2.34. The zero-order valence-electron chi connectivity index (χ0n) is 10.4. The highest BCUT2D eigenvalue weighted by atomic mass is 35.5. The van der Waals surface area contributed by atoms with E-state index in [0.29, 0.717) is 10.7 Å². The first kappa shape index (κ1) is 14.1. The monoisotopic (exact) mass is 293 g/mol. The first-order chi connectivity index (χ1) is 9.54. The third-order valence-corrected chi connectivity index (χ3v) is 2.86. The summed E-state index contributed by atoms with van der Waals surface area (Å²) in [5.41, 5.74) is -0.359. The Kier molecular flexibility index (Phi) is 4.37. The predicted molar refractivity (Wildman–Crippen MR) is 76.0 cm³/mol. The van der Waals surface area contributed by atoms with E-state index in [4.69, 9.17) is 11.6 Å². The molecule has 20 heavy (non-hydrogen) atoms. The standard InChI is InChI=1S/C13H12ClN3O3/c14-9-1-3-10(4-2-9)15-11(18)5-7-17-8-6-12(19)16-13(17)20/h1-4,6,8H,5,7H2,(H,15,18)(H,16,19,20). The van der Waals surface area contributed by atoms with Crippen LogP contribution in [0.2, 0.25) is 5.02 Å². The molecule has 0 aliphatic rings. The van der Waals surface area contributed by atoms with E-state index in [0.717, 1.165) is 0 Å². The second-order valence-corrected chi connectivity index (χ2v) is 4.55. The van der Waals surface area contributed by atoms with Crippen LogP contribution in [0.4, 0.5) is 5.69 Å². The van der Waals surface area contributed by atoms with E-state index in [1.54, 1.807) is 24.3 Å². The lowest BCUT2D eigenvalue weighted by molar-refractivity contribution is -0.116. The SMILES string of the molecule is O=C(CCn1ccc(=O)[nH]c1=O)Nc1ccc(Cl)cc1. The van der Waals surface area contributed by atoms with Gasteiger partial charge in [-0.15, -0.1) is 0 Å². The van der Waals surface area contributed by atoms with Crippen molar-refractivity contribution in [2.24, 2.45) is 0 Å². The number of H-pyrrole nitrogens is 1. The van der Waals surface area contributed by atoms with Crippen LogP contribution in [-0.4, -0.2) is 15.5 Å². The number of nitrogens with one attached hydrogen (secondary N) is 2. The number of aryl methyl sites for hydroxylation is 1. The molecule has 0 aliphatic heterocycles. The average molecular weight is 294 g/mol. The third kappa shape index (κ3) is 3.83. The Morgan fingerprint density at radius 3 is 2.55 bits per heavy atom. The van der Waals surface area contributed by atoms with Gasteiger partial charge in [0.25, 0.3) is 5.56 Å². The van der Waals surface area contributed by atoms with Crippen LogP contribution in [0.15, 0.2) is 46.1 Å². The molecule has 1 aromatic carbocycles. The minimum atomic E-state index is -0.531. The van der Waals surface area contributed by atoms with Crippen molar-refractivity contribution in [3.63, 3.8) is 0 Å². The number of rotatable bonds is 4. The van der Waals surface area contributed by atoms with Gasteiger partial charge in [-0.3, -0.25) is 14.6 Å². The molecule has 2 N–H and O–H groups in total. The zero-order valence-corrected chi connectivity index (χ0v) is 11.2. The van der Waals surface area contributed by atoms with E-state index in [1.807, 2.05) is 0 Å². The van der Waals surface area contributed by atoms with Gasteiger partial charge in [-0.1, -0.05) is 11.6 Å². The Balaban J connectivity index is 1.93. The van der Waals surface area contributed by atoms with Crippen LogP contribution >= 0.6 is 11.6 Å². The Bertz CT molecular complexity index is 719. The van der Waals surface area contributed by atoms with Gasteiger partial charge in [-0.25, -0.2) is 4.79 Å². The number of carbonyl (C=O) groups is 1. The van der Waals surface area contributed by atoms with Crippen molar-refractivity contribution in [2.75, 3.05) is 5.32 Å². The van der Waals surface area contributed by atoms with E-state index in [2.05, 4.69) is 10.3 Å². The van der Waals surface area contributed by atoms with E-state index < -0.39 is 11.2 Å². The molecule has 0 saturated carbocycles. The van der Waals surface area contributed by atoms with Crippen LogP contribution in [0.1, 0.15) is 6.42 Å². The van der Waals surface area contributed by atoms with Crippen LogP contribution in [0.5, 0.6) is 0 Å². The molecule has 1 heterocycles. The first-order valence-electron chi connectivity index (χ1n) is 5.90. The van der Waals surface area contributed by atoms with Crippen molar-refractivity contribution in [3.05, 3.63) is 62.4 Å². The molecule has 0 saturated heterocycles. The fourth-order valence-electron chi connectivity index (χ4n) is 1.60. The summed E-state index contributed by atoms with van der Waals surface area (Å²) in [6, 6.07) is 7.95. The van der Waals surface area contributed by atoms with Gasteiger partial charge in [0.15, 0.2) is 0 Å². The molecule has 0 radical (unpaired) electrons. The fraction of sp³-hybridized carbons (Fsp3) is 0.154. The van der Waals surface area contributed by atoms with E-state index in [1.165, 1.54) is 16.8 Å². The zero-order chi connectivity index (χ0) is 14.5. The van der Waals surface area contributed by atoms with Crippen LogP contribution < -0.4 is 16.6 Å². The summed E-state index contributed by atoms with van der Waals surface area (Å²) in [7, 11) is 0. The maximum Gasteiger partial charge on any atom is 0.328 e. The Morgan fingerprint density at radius 1 is 1.20 bits per heavy atom. The Labute approximate surface area is 119 Å². The smallest absolute Gasteiger partial charge is 0.326 e. The van der Waals surface area contributed by atoms with E-state index in [9.17, 15) is 14.4 Å². The summed E-state index contributed by atoms with van der Waals surface area (Å²) in [4.78, 5) is 36.1. The van der Waals surface area contributed by atoms with Crippen LogP contribution in [0.3, 0.4) is 0 Å². The highest BCUT2D eigenvalue weighted by Gasteiger charge is 2.04. The fourth-order valence-corrected chi connectivity index (χ4v) is 1.73. The van der Waals surface area contributed by atoms with Gasteiger partial charge < -0.3 is 9.88 Å². The normalized spacial score (nSPS) is 10.2. The molecule has 0 bridgehead atoms. The van der Waals surface area contributed by atoms with E-state index in [-0.39, 0.29) is 18.9 Å². The Morgan fingerprint density at radius 2 is 1.90 bits per heavy atom. The number of carbonyl (C=O) groups excluding carboxylic acids is 1. The molecular weight excluding hydrogens is 282 g/mol. The van der Waals surface area contributed by atoms with Crippen molar-refractivity contribution in [3.8, 4) is 0 Å². The molecule has 0 aliphatic carbocycles. The van der Waals surface area contributed by atoms with Gasteiger partial charge in [-0.2, -0.15) is 0 Å². The minimum absolute atomic E-state index is 0.120. The van der Waals surface area contributed by atoms with Gasteiger partial charge in [0.1, 0.15) is 0 Å². The number of amides is 1. The summed E-state index contributed by atoms with van der Waals surface area (Å²) in [6.45, 7) is 0.190. The van der Waals surface area contributed by atoms with Crippen molar-refractivity contribution < 1.29 is 4.79 Å². The number of anilines is 1.